The molecule has 0 saturated carbocycles. The summed E-state index contributed by atoms with van der Waals surface area (Å²) in [5.74, 6) is -1.25. The van der Waals surface area contributed by atoms with Crippen LogP contribution in [0.2, 0.25) is 0 Å². The van der Waals surface area contributed by atoms with Gasteiger partial charge in [0.05, 0.1) is 11.1 Å². The lowest BCUT2D eigenvalue weighted by Crippen LogP contribution is -2.46. The molecule has 1 aliphatic rings. The molecule has 3 amide bonds. The zero-order chi connectivity index (χ0) is 17.0. The van der Waals surface area contributed by atoms with E-state index in [0.29, 0.717) is 22.1 Å². The zero-order valence-electron chi connectivity index (χ0n) is 13.0. The minimum atomic E-state index is -0.445. The molecule has 0 fully saturated rings. The molecule has 1 aromatic carbocycles. The number of fused-ring (bicyclic) bond motifs is 1. The van der Waals surface area contributed by atoms with Crippen LogP contribution in [0.3, 0.4) is 0 Å². The molecule has 3 N–H and O–H groups in total. The number of hydrogen-bond acceptors (Lipinski definition) is 4. The quantitative estimate of drug-likeness (QED) is 0.702. The van der Waals surface area contributed by atoms with E-state index >= 15 is 0 Å². The molecule has 0 radical (unpaired) electrons. The lowest BCUT2D eigenvalue weighted by molar-refractivity contribution is -0.122. The number of nitrogens with zero attached hydrogens (tertiary/aromatic N) is 1. The Morgan fingerprint density at radius 3 is 2.65 bits per heavy atom. The molecule has 1 atom stereocenters. The standard InChI is InChI=1S/C16H20BrN3O3/c1-2-3-4-11(8-18)19-14(21)9-20-15(22)12-6-5-10(17)7-13(12)16(20)23/h5-7,11H,2-4,8-9,18H2,1H3,(H,19,21). The SMILES string of the molecule is CCCCC(CN)NC(=O)CN1C(=O)c2ccc(Br)cc2C1=O. The fraction of sp³-hybridized carbons (Fsp3) is 0.438. The van der Waals surface area contributed by atoms with Gasteiger partial charge in [0.2, 0.25) is 5.91 Å². The first-order valence-electron chi connectivity index (χ1n) is 7.63. The van der Waals surface area contributed by atoms with E-state index < -0.39 is 11.8 Å². The molecule has 0 saturated heterocycles. The fourth-order valence-electron chi connectivity index (χ4n) is 2.52. The topological polar surface area (TPSA) is 92.5 Å². The molecule has 1 aliphatic heterocycles. The van der Waals surface area contributed by atoms with Crippen molar-refractivity contribution in [2.45, 2.75) is 32.2 Å². The number of amides is 3. The lowest BCUT2D eigenvalue weighted by atomic mass is 10.1. The Hall–Kier alpha value is -1.73. The molecule has 0 bridgehead atoms. The van der Waals surface area contributed by atoms with E-state index in [9.17, 15) is 14.4 Å². The number of nitrogens with one attached hydrogen (secondary N) is 1. The van der Waals surface area contributed by atoms with Gasteiger partial charge in [0.15, 0.2) is 0 Å². The van der Waals surface area contributed by atoms with Gasteiger partial charge in [0.25, 0.3) is 11.8 Å². The summed E-state index contributed by atoms with van der Waals surface area (Å²) in [6.07, 6.45) is 2.76. The Kier molecular flexibility index (Phi) is 5.90. The van der Waals surface area contributed by atoms with Gasteiger partial charge in [-0.15, -0.1) is 0 Å². The first-order chi connectivity index (χ1) is 11.0. The molecule has 6 nitrogen and oxygen atoms in total. The molecular formula is C16H20BrN3O3. The molecule has 124 valence electrons. The number of halogens is 1. The van der Waals surface area contributed by atoms with E-state index in [4.69, 9.17) is 5.73 Å². The molecule has 0 aliphatic carbocycles. The Balaban J connectivity index is 2.02. The third-order valence-corrected chi connectivity index (χ3v) is 4.28. The van der Waals surface area contributed by atoms with Gasteiger partial charge in [-0.2, -0.15) is 0 Å². The molecule has 1 unspecified atom stereocenters. The van der Waals surface area contributed by atoms with E-state index in [0.717, 1.165) is 24.2 Å². The normalized spacial score (nSPS) is 14.8. The maximum Gasteiger partial charge on any atom is 0.262 e. The summed E-state index contributed by atoms with van der Waals surface area (Å²) >= 11 is 3.27. The van der Waals surface area contributed by atoms with Crippen molar-refractivity contribution in [3.05, 3.63) is 33.8 Å². The lowest BCUT2D eigenvalue weighted by Gasteiger charge is -2.19. The number of hydrogen-bond donors (Lipinski definition) is 2. The van der Waals surface area contributed by atoms with Crippen molar-refractivity contribution in [2.24, 2.45) is 5.73 Å². The first-order valence-corrected chi connectivity index (χ1v) is 8.42. The molecule has 0 spiro atoms. The van der Waals surface area contributed by atoms with Gasteiger partial charge in [-0.25, -0.2) is 0 Å². The fourth-order valence-corrected chi connectivity index (χ4v) is 2.88. The molecule has 1 heterocycles. The average Bonchev–Trinajstić information content (AvgIpc) is 2.76. The molecule has 7 heteroatoms. The Morgan fingerprint density at radius 1 is 1.30 bits per heavy atom. The second-order valence-corrected chi connectivity index (χ2v) is 6.44. The summed E-state index contributed by atoms with van der Waals surface area (Å²) in [6, 6.07) is 4.74. The number of unbranched alkanes of at least 4 members (excludes halogenated alkanes) is 1. The van der Waals surface area contributed by atoms with Crippen molar-refractivity contribution in [1.29, 1.82) is 0 Å². The third kappa shape index (κ3) is 3.97. The van der Waals surface area contributed by atoms with Crippen LogP contribution in [0.15, 0.2) is 22.7 Å². The van der Waals surface area contributed by atoms with Crippen molar-refractivity contribution >= 4 is 33.7 Å². The highest BCUT2D eigenvalue weighted by atomic mass is 79.9. The van der Waals surface area contributed by atoms with Crippen molar-refractivity contribution in [1.82, 2.24) is 10.2 Å². The first kappa shape index (κ1) is 17.6. The number of carbonyl (C=O) groups excluding carboxylic acids is 3. The number of rotatable bonds is 7. The van der Waals surface area contributed by atoms with Crippen LogP contribution in [0.5, 0.6) is 0 Å². The van der Waals surface area contributed by atoms with E-state index in [1.54, 1.807) is 18.2 Å². The minimum Gasteiger partial charge on any atom is -0.351 e. The number of benzene rings is 1. The highest BCUT2D eigenvalue weighted by Gasteiger charge is 2.36. The van der Waals surface area contributed by atoms with Gasteiger partial charge in [-0.1, -0.05) is 35.7 Å². The second kappa shape index (κ2) is 7.70. The number of imide groups is 1. The summed E-state index contributed by atoms with van der Waals surface area (Å²) < 4.78 is 0.714. The van der Waals surface area contributed by atoms with Crippen LogP contribution in [-0.4, -0.2) is 41.8 Å². The number of nitrogens with two attached hydrogens (primary N) is 1. The van der Waals surface area contributed by atoms with Crippen LogP contribution in [-0.2, 0) is 4.79 Å². The van der Waals surface area contributed by atoms with Crippen molar-refractivity contribution in [3.63, 3.8) is 0 Å². The highest BCUT2D eigenvalue weighted by Crippen LogP contribution is 2.25. The van der Waals surface area contributed by atoms with E-state index in [1.165, 1.54) is 0 Å². The Morgan fingerprint density at radius 2 is 2.00 bits per heavy atom. The highest BCUT2D eigenvalue weighted by molar-refractivity contribution is 9.10. The summed E-state index contributed by atoms with van der Waals surface area (Å²) in [5.41, 5.74) is 6.29. The Labute approximate surface area is 143 Å². The van der Waals surface area contributed by atoms with Crippen molar-refractivity contribution in [2.75, 3.05) is 13.1 Å². The second-order valence-electron chi connectivity index (χ2n) is 5.53. The predicted octanol–water partition coefficient (Wildman–Crippen LogP) is 1.68. The summed E-state index contributed by atoms with van der Waals surface area (Å²) in [5, 5.41) is 2.79. The maximum atomic E-state index is 12.3. The van der Waals surface area contributed by atoms with Gasteiger partial charge >= 0.3 is 0 Å². The van der Waals surface area contributed by atoms with E-state index in [2.05, 4.69) is 28.2 Å². The molecule has 23 heavy (non-hydrogen) atoms. The van der Waals surface area contributed by atoms with Crippen molar-refractivity contribution in [3.8, 4) is 0 Å². The molecule has 0 aromatic heterocycles. The van der Waals surface area contributed by atoms with Gasteiger partial charge in [-0.3, -0.25) is 19.3 Å². The predicted molar refractivity (Wildman–Crippen MR) is 90.0 cm³/mol. The van der Waals surface area contributed by atoms with Gasteiger partial charge in [-0.05, 0) is 24.6 Å². The summed E-state index contributed by atoms with van der Waals surface area (Å²) in [4.78, 5) is 37.7. The summed E-state index contributed by atoms with van der Waals surface area (Å²) in [7, 11) is 0. The van der Waals surface area contributed by atoms with Crippen molar-refractivity contribution < 1.29 is 14.4 Å². The van der Waals surface area contributed by atoms with Gasteiger partial charge < -0.3 is 11.1 Å². The molecule has 1 aromatic rings. The van der Waals surface area contributed by atoms with Crippen LogP contribution >= 0.6 is 15.9 Å². The van der Waals surface area contributed by atoms with E-state index in [-0.39, 0.29) is 18.5 Å². The number of carbonyl (C=O) groups is 3. The van der Waals surface area contributed by atoms with E-state index in [1.807, 2.05) is 0 Å². The smallest absolute Gasteiger partial charge is 0.262 e. The van der Waals surface area contributed by atoms with Crippen LogP contribution in [0.4, 0.5) is 0 Å². The van der Waals surface area contributed by atoms with Crippen LogP contribution in [0.25, 0.3) is 0 Å². The van der Waals surface area contributed by atoms with Crippen LogP contribution in [0, 0.1) is 0 Å². The average molecular weight is 382 g/mol. The summed E-state index contributed by atoms with van der Waals surface area (Å²) in [6.45, 7) is 2.11. The monoisotopic (exact) mass is 381 g/mol. The largest absolute Gasteiger partial charge is 0.351 e. The minimum absolute atomic E-state index is 0.133. The molecular weight excluding hydrogens is 362 g/mol. The third-order valence-electron chi connectivity index (χ3n) is 3.79. The Bertz CT molecular complexity index is 633. The van der Waals surface area contributed by atoms with Gasteiger partial charge in [0, 0.05) is 17.1 Å². The van der Waals surface area contributed by atoms with Crippen LogP contribution < -0.4 is 11.1 Å². The van der Waals surface area contributed by atoms with Crippen LogP contribution in [0.1, 0.15) is 46.9 Å². The van der Waals surface area contributed by atoms with Gasteiger partial charge in [0.1, 0.15) is 6.54 Å². The zero-order valence-corrected chi connectivity index (χ0v) is 14.6. The molecule has 2 rings (SSSR count). The maximum absolute atomic E-state index is 12.3.